The highest BCUT2D eigenvalue weighted by Crippen LogP contribution is 2.23. The number of piperidine rings is 1. The largest absolute Gasteiger partial charge is 0.497 e. The minimum absolute atomic E-state index is 0.0620. The Morgan fingerprint density at radius 1 is 1.00 bits per heavy atom. The molecule has 2 aliphatic rings. The van der Waals surface area contributed by atoms with Crippen LogP contribution in [0, 0.1) is 0 Å². The molecule has 0 aliphatic carbocycles. The van der Waals surface area contributed by atoms with Crippen LogP contribution in [-0.2, 0) is 14.3 Å². The Kier molecular flexibility index (Phi) is 7.14. The number of carbonyl (C=O) groups is 2. The topological polar surface area (TPSA) is 62.3 Å². The number of methoxy groups -OCH3 is 2. The van der Waals surface area contributed by atoms with Crippen LogP contribution >= 0.6 is 0 Å². The smallest absolute Gasteiger partial charge is 0.306 e. The number of esters is 1. The van der Waals surface area contributed by atoms with Crippen molar-refractivity contribution in [1.29, 1.82) is 0 Å². The third-order valence-electron chi connectivity index (χ3n) is 5.79. The van der Waals surface area contributed by atoms with Crippen molar-refractivity contribution in [2.45, 2.75) is 31.7 Å². The molecule has 1 amide bonds. The highest BCUT2D eigenvalue weighted by molar-refractivity contribution is 5.81. The van der Waals surface area contributed by atoms with Gasteiger partial charge in [-0.2, -0.15) is 0 Å². The van der Waals surface area contributed by atoms with Crippen molar-refractivity contribution in [3.63, 3.8) is 0 Å². The van der Waals surface area contributed by atoms with Crippen LogP contribution in [-0.4, -0.2) is 81.2 Å². The number of amides is 1. The van der Waals surface area contributed by atoms with Crippen LogP contribution in [0.2, 0.25) is 0 Å². The fourth-order valence-electron chi connectivity index (χ4n) is 4.09. The fraction of sp³-hybridized carbons (Fsp3) is 0.619. The number of likely N-dealkylation sites (tertiary alicyclic amines) is 1. The molecule has 154 valence electrons. The second-order valence-electron chi connectivity index (χ2n) is 7.43. The van der Waals surface area contributed by atoms with E-state index in [1.807, 2.05) is 17.0 Å². The van der Waals surface area contributed by atoms with Gasteiger partial charge in [-0.3, -0.25) is 14.5 Å². The van der Waals surface area contributed by atoms with Gasteiger partial charge in [-0.25, -0.2) is 0 Å². The summed E-state index contributed by atoms with van der Waals surface area (Å²) in [6.45, 7) is 5.53. The van der Waals surface area contributed by atoms with Crippen LogP contribution in [0.5, 0.6) is 5.75 Å². The molecule has 0 bridgehead atoms. The Balaban J connectivity index is 1.48. The van der Waals surface area contributed by atoms with E-state index in [0.29, 0.717) is 6.04 Å². The highest BCUT2D eigenvalue weighted by Gasteiger charge is 2.30. The van der Waals surface area contributed by atoms with Crippen molar-refractivity contribution in [3.8, 4) is 5.75 Å². The van der Waals surface area contributed by atoms with E-state index in [4.69, 9.17) is 4.74 Å². The van der Waals surface area contributed by atoms with Crippen molar-refractivity contribution in [2.24, 2.45) is 0 Å². The van der Waals surface area contributed by atoms with Gasteiger partial charge in [0.25, 0.3) is 0 Å². The number of piperazine rings is 1. The molecule has 7 heteroatoms. The summed E-state index contributed by atoms with van der Waals surface area (Å²) >= 11 is 0. The van der Waals surface area contributed by atoms with Gasteiger partial charge in [0.2, 0.25) is 5.91 Å². The average molecular weight is 389 g/mol. The van der Waals surface area contributed by atoms with E-state index < -0.39 is 0 Å². The lowest BCUT2D eigenvalue weighted by Crippen LogP contribution is -2.55. The van der Waals surface area contributed by atoms with Crippen LogP contribution in [0.4, 0.5) is 5.69 Å². The molecule has 0 radical (unpaired) electrons. The number of nitrogens with zero attached hydrogens (tertiary/aromatic N) is 3. The van der Waals surface area contributed by atoms with Gasteiger partial charge in [-0.05, 0) is 37.1 Å². The maximum atomic E-state index is 12.4. The predicted octanol–water partition coefficient (Wildman–Crippen LogP) is 1.76. The average Bonchev–Trinajstić information content (AvgIpc) is 2.77. The molecular weight excluding hydrogens is 358 g/mol. The zero-order valence-corrected chi connectivity index (χ0v) is 16.9. The Hall–Kier alpha value is -2.28. The van der Waals surface area contributed by atoms with Gasteiger partial charge in [-0.1, -0.05) is 0 Å². The molecule has 2 saturated heterocycles. The molecule has 2 fully saturated rings. The number of rotatable bonds is 6. The molecule has 0 unspecified atom stereocenters. The molecule has 2 heterocycles. The highest BCUT2D eigenvalue weighted by atomic mass is 16.5. The fourth-order valence-corrected chi connectivity index (χ4v) is 4.09. The molecule has 0 spiro atoms. The lowest BCUT2D eigenvalue weighted by Gasteiger charge is -2.44. The quantitative estimate of drug-likeness (QED) is 0.691. The van der Waals surface area contributed by atoms with Crippen LogP contribution in [0.3, 0.4) is 0 Å². The Labute approximate surface area is 167 Å². The maximum absolute atomic E-state index is 12.4. The summed E-state index contributed by atoms with van der Waals surface area (Å²) in [7, 11) is 3.04. The van der Waals surface area contributed by atoms with Gasteiger partial charge in [-0.15, -0.1) is 0 Å². The molecule has 1 aromatic carbocycles. The lowest BCUT2D eigenvalue weighted by atomic mass is 10.0. The van der Waals surface area contributed by atoms with E-state index in [9.17, 15) is 9.59 Å². The Morgan fingerprint density at radius 3 is 2.36 bits per heavy atom. The summed E-state index contributed by atoms with van der Waals surface area (Å²) in [4.78, 5) is 30.5. The van der Waals surface area contributed by atoms with Crippen molar-refractivity contribution in [3.05, 3.63) is 24.3 Å². The molecule has 2 aliphatic heterocycles. The summed E-state index contributed by atoms with van der Waals surface area (Å²) in [5.74, 6) is 0.616. The summed E-state index contributed by atoms with van der Waals surface area (Å²) in [6, 6.07) is 8.63. The number of anilines is 1. The van der Waals surface area contributed by atoms with Crippen LogP contribution in [0.25, 0.3) is 0 Å². The minimum atomic E-state index is -0.323. The van der Waals surface area contributed by atoms with Crippen LogP contribution in [0.15, 0.2) is 24.3 Å². The van der Waals surface area contributed by atoms with E-state index in [1.54, 1.807) is 7.11 Å². The minimum Gasteiger partial charge on any atom is -0.497 e. The molecule has 0 saturated carbocycles. The van der Waals surface area contributed by atoms with E-state index in [2.05, 4.69) is 26.7 Å². The molecule has 3 rings (SSSR count). The van der Waals surface area contributed by atoms with Gasteiger partial charge in [0.05, 0.1) is 20.6 Å². The Bertz CT molecular complexity index is 656. The van der Waals surface area contributed by atoms with Crippen LogP contribution in [0.1, 0.15) is 25.7 Å². The van der Waals surface area contributed by atoms with Crippen molar-refractivity contribution in [1.82, 2.24) is 9.80 Å². The predicted molar refractivity (Wildman–Crippen MR) is 108 cm³/mol. The first-order valence-corrected chi connectivity index (χ1v) is 10.1. The third-order valence-corrected chi connectivity index (χ3v) is 5.79. The van der Waals surface area contributed by atoms with Gasteiger partial charge in [0.15, 0.2) is 0 Å². The lowest BCUT2D eigenvalue weighted by molar-refractivity contribution is -0.144. The number of hydrogen-bond donors (Lipinski definition) is 0. The summed E-state index contributed by atoms with van der Waals surface area (Å²) < 4.78 is 9.87. The third kappa shape index (κ3) is 5.16. The zero-order valence-electron chi connectivity index (χ0n) is 16.9. The molecule has 7 nitrogen and oxygen atoms in total. The standard InChI is InChI=1S/C21H31N3O4/c1-27-19-7-5-17(6-8-19)22-12-14-23(15-13-22)18-4-3-11-24(16-18)20(25)9-10-21(26)28-2/h5-8,18H,3-4,9-16H2,1-2H3/t18-/m0/s1. The van der Waals surface area contributed by atoms with Gasteiger partial charge < -0.3 is 19.3 Å². The number of carbonyl (C=O) groups excluding carboxylic acids is 2. The van der Waals surface area contributed by atoms with Gasteiger partial charge >= 0.3 is 5.97 Å². The van der Waals surface area contributed by atoms with Gasteiger partial charge in [0.1, 0.15) is 5.75 Å². The maximum Gasteiger partial charge on any atom is 0.306 e. The normalized spacial score (nSPS) is 20.7. The molecular formula is C21H31N3O4. The van der Waals surface area contributed by atoms with Crippen LogP contribution < -0.4 is 9.64 Å². The van der Waals surface area contributed by atoms with Crippen molar-refractivity contribution < 1.29 is 19.1 Å². The van der Waals surface area contributed by atoms with E-state index >= 15 is 0 Å². The van der Waals surface area contributed by atoms with Crippen molar-refractivity contribution >= 4 is 17.6 Å². The molecule has 1 aromatic rings. The number of hydrogen-bond acceptors (Lipinski definition) is 6. The number of ether oxygens (including phenoxy) is 2. The molecule has 0 aromatic heterocycles. The monoisotopic (exact) mass is 389 g/mol. The number of benzene rings is 1. The molecule has 28 heavy (non-hydrogen) atoms. The van der Waals surface area contributed by atoms with E-state index in [1.165, 1.54) is 12.8 Å². The van der Waals surface area contributed by atoms with Crippen molar-refractivity contribution in [2.75, 3.05) is 58.4 Å². The van der Waals surface area contributed by atoms with E-state index in [-0.39, 0.29) is 24.7 Å². The summed E-state index contributed by atoms with van der Waals surface area (Å²) in [5.41, 5.74) is 1.23. The Morgan fingerprint density at radius 2 is 1.71 bits per heavy atom. The second kappa shape index (κ2) is 9.78. The van der Waals surface area contributed by atoms with Gasteiger partial charge in [0, 0.05) is 57.4 Å². The zero-order chi connectivity index (χ0) is 19.9. The molecule has 1 atom stereocenters. The first-order chi connectivity index (χ1) is 13.6. The second-order valence-corrected chi connectivity index (χ2v) is 7.43. The van der Waals surface area contributed by atoms with E-state index in [0.717, 1.165) is 57.9 Å². The molecule has 0 N–H and O–H groups in total. The summed E-state index contributed by atoms with van der Waals surface area (Å²) in [5, 5.41) is 0. The first-order valence-electron chi connectivity index (χ1n) is 10.1. The SMILES string of the molecule is COC(=O)CCC(=O)N1CCC[C@H](N2CCN(c3ccc(OC)cc3)CC2)C1. The first kappa shape index (κ1) is 20.5. The summed E-state index contributed by atoms with van der Waals surface area (Å²) in [6.07, 6.45) is 2.55.